The second-order valence-electron chi connectivity index (χ2n) is 3.92. The van der Waals surface area contributed by atoms with E-state index in [0.717, 1.165) is 19.0 Å². The van der Waals surface area contributed by atoms with E-state index < -0.39 is 0 Å². The number of hydrogen-bond donors (Lipinski definition) is 3. The van der Waals surface area contributed by atoms with Gasteiger partial charge in [-0.25, -0.2) is 10.8 Å². The molecular formula is C8H17N5. The molecule has 2 fully saturated rings. The average Bonchev–Trinajstić information content (AvgIpc) is 2.84. The Labute approximate surface area is 78.3 Å². The maximum Gasteiger partial charge on any atom is 0.206 e. The fourth-order valence-corrected chi connectivity index (χ4v) is 1.49. The summed E-state index contributed by atoms with van der Waals surface area (Å²) in [6, 6.07) is 1.02. The zero-order valence-electron chi connectivity index (χ0n) is 7.95. The first-order chi connectivity index (χ1) is 6.28. The lowest BCUT2D eigenvalue weighted by Crippen LogP contribution is -2.60. The molecule has 13 heavy (non-hydrogen) atoms. The monoisotopic (exact) mass is 183 g/mol. The number of likely N-dealkylation sites (tertiary alicyclic amines) is 1. The van der Waals surface area contributed by atoms with Crippen LogP contribution in [0, 0.1) is 0 Å². The van der Waals surface area contributed by atoms with Crippen molar-refractivity contribution in [2.24, 2.45) is 10.8 Å². The summed E-state index contributed by atoms with van der Waals surface area (Å²) in [5.74, 6) is 6.10. The van der Waals surface area contributed by atoms with Gasteiger partial charge in [0.15, 0.2) is 0 Å². The lowest BCUT2D eigenvalue weighted by atomic mass is 10.1. The third-order valence-corrected chi connectivity index (χ3v) is 2.40. The highest BCUT2D eigenvalue weighted by atomic mass is 15.4. The van der Waals surface area contributed by atoms with E-state index in [1.165, 1.54) is 12.8 Å². The van der Waals surface area contributed by atoms with E-state index in [2.05, 4.69) is 27.7 Å². The van der Waals surface area contributed by atoms with Crippen LogP contribution in [0.4, 0.5) is 0 Å². The summed E-state index contributed by atoms with van der Waals surface area (Å²) in [6.45, 7) is 2.15. The normalized spacial score (nSPS) is 25.5. The number of hydrogen-bond acceptors (Lipinski definition) is 3. The predicted molar refractivity (Wildman–Crippen MR) is 52.2 cm³/mol. The quantitative estimate of drug-likeness (QED) is 0.219. The Morgan fingerprint density at radius 2 is 2.15 bits per heavy atom. The van der Waals surface area contributed by atoms with Crippen LogP contribution in [0.5, 0.6) is 0 Å². The molecule has 1 heterocycles. The molecule has 2 rings (SSSR count). The van der Waals surface area contributed by atoms with Crippen molar-refractivity contribution in [3.63, 3.8) is 0 Å². The molecule has 0 radical (unpaired) electrons. The number of aliphatic imine (C=N–C) groups is 1. The molecule has 1 saturated heterocycles. The maximum atomic E-state index is 5.35. The van der Waals surface area contributed by atoms with E-state index in [9.17, 15) is 0 Å². The number of rotatable bonds is 2. The van der Waals surface area contributed by atoms with Crippen LogP contribution in [-0.2, 0) is 0 Å². The van der Waals surface area contributed by atoms with Crippen molar-refractivity contribution in [2.75, 3.05) is 20.1 Å². The molecule has 0 unspecified atom stereocenters. The third kappa shape index (κ3) is 2.32. The van der Waals surface area contributed by atoms with Crippen LogP contribution in [0.3, 0.4) is 0 Å². The molecule has 5 nitrogen and oxygen atoms in total. The summed E-state index contributed by atoms with van der Waals surface area (Å²) in [4.78, 5) is 6.66. The molecule has 2 aliphatic rings. The van der Waals surface area contributed by atoms with Crippen molar-refractivity contribution in [3.05, 3.63) is 0 Å². The zero-order valence-corrected chi connectivity index (χ0v) is 7.95. The molecule has 1 saturated carbocycles. The summed E-state index contributed by atoms with van der Waals surface area (Å²) in [5, 5.41) is 3.28. The van der Waals surface area contributed by atoms with Crippen LogP contribution in [-0.4, -0.2) is 43.1 Å². The number of hydrazine groups is 1. The van der Waals surface area contributed by atoms with Crippen LogP contribution >= 0.6 is 0 Å². The first-order valence-electron chi connectivity index (χ1n) is 4.77. The van der Waals surface area contributed by atoms with Crippen molar-refractivity contribution in [2.45, 2.75) is 24.9 Å². The minimum Gasteiger partial charge on any atom is -0.350 e. The Bertz CT molecular complexity index is 205. The summed E-state index contributed by atoms with van der Waals surface area (Å²) in [6.07, 6.45) is 2.41. The van der Waals surface area contributed by atoms with Gasteiger partial charge in [0.05, 0.1) is 12.1 Å². The molecule has 0 aromatic carbocycles. The SMILES string of the molecule is CN1CC(NC(=NC2CC2)NN)C1. The summed E-state index contributed by atoms with van der Waals surface area (Å²) in [7, 11) is 2.10. The first-order valence-corrected chi connectivity index (χ1v) is 4.77. The number of nitrogens with two attached hydrogens (primary N) is 1. The Morgan fingerprint density at radius 1 is 1.46 bits per heavy atom. The zero-order chi connectivity index (χ0) is 9.26. The van der Waals surface area contributed by atoms with Gasteiger partial charge in [0.25, 0.3) is 0 Å². The molecule has 4 N–H and O–H groups in total. The van der Waals surface area contributed by atoms with E-state index in [1.807, 2.05) is 0 Å². The van der Waals surface area contributed by atoms with Gasteiger partial charge < -0.3 is 10.2 Å². The highest BCUT2D eigenvalue weighted by Crippen LogP contribution is 2.23. The fourth-order valence-electron chi connectivity index (χ4n) is 1.49. The molecule has 0 amide bonds. The molecule has 0 spiro atoms. The largest absolute Gasteiger partial charge is 0.350 e. The molecule has 74 valence electrons. The third-order valence-electron chi connectivity index (χ3n) is 2.40. The Morgan fingerprint density at radius 3 is 2.62 bits per heavy atom. The second kappa shape index (κ2) is 3.51. The fraction of sp³-hybridized carbons (Fsp3) is 0.875. The second-order valence-corrected chi connectivity index (χ2v) is 3.92. The lowest BCUT2D eigenvalue weighted by Gasteiger charge is -2.37. The van der Waals surface area contributed by atoms with Crippen LogP contribution < -0.4 is 16.6 Å². The van der Waals surface area contributed by atoms with Gasteiger partial charge in [-0.3, -0.25) is 5.43 Å². The summed E-state index contributed by atoms with van der Waals surface area (Å²) >= 11 is 0. The summed E-state index contributed by atoms with van der Waals surface area (Å²) in [5.41, 5.74) is 2.61. The van der Waals surface area contributed by atoms with E-state index in [-0.39, 0.29) is 0 Å². The molecular weight excluding hydrogens is 166 g/mol. The predicted octanol–water partition coefficient (Wildman–Crippen LogP) is -1.13. The number of nitrogens with one attached hydrogen (secondary N) is 2. The smallest absolute Gasteiger partial charge is 0.206 e. The van der Waals surface area contributed by atoms with Gasteiger partial charge in [-0.05, 0) is 19.9 Å². The highest BCUT2D eigenvalue weighted by Gasteiger charge is 2.25. The molecule has 0 atom stereocenters. The van der Waals surface area contributed by atoms with E-state index in [4.69, 9.17) is 5.84 Å². The highest BCUT2D eigenvalue weighted by molar-refractivity contribution is 5.80. The van der Waals surface area contributed by atoms with Crippen molar-refractivity contribution in [3.8, 4) is 0 Å². The minimum absolute atomic E-state index is 0.511. The topological polar surface area (TPSA) is 65.7 Å². The van der Waals surface area contributed by atoms with E-state index in [0.29, 0.717) is 12.1 Å². The Balaban J connectivity index is 1.77. The molecule has 0 aromatic rings. The number of nitrogens with zero attached hydrogens (tertiary/aromatic N) is 2. The van der Waals surface area contributed by atoms with Gasteiger partial charge in [0.2, 0.25) is 5.96 Å². The van der Waals surface area contributed by atoms with E-state index >= 15 is 0 Å². The maximum absolute atomic E-state index is 5.35. The van der Waals surface area contributed by atoms with Crippen LogP contribution in [0.15, 0.2) is 4.99 Å². The van der Waals surface area contributed by atoms with Crippen LogP contribution in [0.25, 0.3) is 0 Å². The molecule has 1 aliphatic heterocycles. The average molecular weight is 183 g/mol. The van der Waals surface area contributed by atoms with Crippen molar-refractivity contribution in [1.29, 1.82) is 0 Å². The standard InChI is InChI=1S/C8H17N5/c1-13-4-7(5-13)11-8(12-9)10-6-2-3-6/h6-7H,2-5,9H2,1H3,(H2,10,11,12). The van der Waals surface area contributed by atoms with Crippen molar-refractivity contribution in [1.82, 2.24) is 15.6 Å². The van der Waals surface area contributed by atoms with Gasteiger partial charge in [-0.1, -0.05) is 0 Å². The minimum atomic E-state index is 0.511. The van der Waals surface area contributed by atoms with Crippen molar-refractivity contribution >= 4 is 5.96 Å². The Kier molecular flexibility index (Phi) is 2.37. The van der Waals surface area contributed by atoms with Gasteiger partial charge in [-0.15, -0.1) is 0 Å². The lowest BCUT2D eigenvalue weighted by molar-refractivity contribution is 0.177. The van der Waals surface area contributed by atoms with Crippen LogP contribution in [0.2, 0.25) is 0 Å². The molecule has 0 aromatic heterocycles. The van der Waals surface area contributed by atoms with Crippen LogP contribution in [0.1, 0.15) is 12.8 Å². The number of guanidine groups is 1. The Hall–Kier alpha value is -0.810. The van der Waals surface area contributed by atoms with E-state index in [1.54, 1.807) is 0 Å². The van der Waals surface area contributed by atoms with Gasteiger partial charge >= 0.3 is 0 Å². The van der Waals surface area contributed by atoms with Gasteiger partial charge in [-0.2, -0.15) is 0 Å². The molecule has 1 aliphatic carbocycles. The summed E-state index contributed by atoms with van der Waals surface area (Å²) < 4.78 is 0. The molecule has 0 bridgehead atoms. The van der Waals surface area contributed by atoms with Gasteiger partial charge in [0.1, 0.15) is 0 Å². The van der Waals surface area contributed by atoms with Gasteiger partial charge in [0, 0.05) is 13.1 Å². The first kappa shape index (κ1) is 8.77. The van der Waals surface area contributed by atoms with Crippen molar-refractivity contribution < 1.29 is 0 Å². The molecule has 5 heteroatoms. The number of likely N-dealkylation sites (N-methyl/N-ethyl adjacent to an activating group) is 1.